The van der Waals surface area contributed by atoms with E-state index in [9.17, 15) is 4.79 Å². The number of likely N-dealkylation sites (tertiary alicyclic amines) is 1. The van der Waals surface area contributed by atoms with Crippen molar-refractivity contribution >= 4 is 5.97 Å². The molecular formula is C13H20N2O3. The Kier molecular flexibility index (Phi) is 4.78. The number of furan rings is 1. The third-order valence-corrected chi connectivity index (χ3v) is 3.30. The van der Waals surface area contributed by atoms with E-state index in [1.54, 1.807) is 12.5 Å². The number of nitrogens with zero attached hydrogens (tertiary/aromatic N) is 1. The Bertz CT molecular complexity index is 364. The number of hydrogen-bond acceptors (Lipinski definition) is 4. The normalized spacial score (nSPS) is 21.0. The molecule has 2 N–H and O–H groups in total. The number of aliphatic carboxylic acids is 1. The fourth-order valence-electron chi connectivity index (χ4n) is 2.49. The molecule has 18 heavy (non-hydrogen) atoms. The lowest BCUT2D eigenvalue weighted by molar-refractivity contribution is -0.136. The van der Waals surface area contributed by atoms with Crippen molar-refractivity contribution in [3.8, 4) is 0 Å². The van der Waals surface area contributed by atoms with Gasteiger partial charge in [-0.25, -0.2) is 0 Å². The SMILES string of the molecule is O=C(O)CNCC1CCCN(Cc2ccoc2)C1. The van der Waals surface area contributed by atoms with Crippen LogP contribution in [-0.2, 0) is 11.3 Å². The van der Waals surface area contributed by atoms with Gasteiger partial charge >= 0.3 is 5.97 Å². The minimum atomic E-state index is -0.791. The summed E-state index contributed by atoms with van der Waals surface area (Å²) in [6, 6.07) is 1.99. The molecule has 0 bridgehead atoms. The monoisotopic (exact) mass is 252 g/mol. The van der Waals surface area contributed by atoms with Crippen molar-refractivity contribution in [3.63, 3.8) is 0 Å². The van der Waals surface area contributed by atoms with Gasteiger partial charge in [-0.1, -0.05) is 0 Å². The molecule has 2 heterocycles. The molecule has 1 aliphatic heterocycles. The van der Waals surface area contributed by atoms with Gasteiger partial charge in [0.05, 0.1) is 19.1 Å². The van der Waals surface area contributed by atoms with Crippen LogP contribution < -0.4 is 5.32 Å². The Morgan fingerprint density at radius 2 is 2.50 bits per heavy atom. The van der Waals surface area contributed by atoms with E-state index in [-0.39, 0.29) is 6.54 Å². The maximum absolute atomic E-state index is 10.4. The fourth-order valence-corrected chi connectivity index (χ4v) is 2.49. The van der Waals surface area contributed by atoms with E-state index in [2.05, 4.69) is 10.2 Å². The van der Waals surface area contributed by atoms with Crippen LogP contribution in [0.15, 0.2) is 23.0 Å². The van der Waals surface area contributed by atoms with Gasteiger partial charge in [-0.15, -0.1) is 0 Å². The molecule has 5 heteroatoms. The van der Waals surface area contributed by atoms with E-state index in [4.69, 9.17) is 9.52 Å². The lowest BCUT2D eigenvalue weighted by atomic mass is 9.97. The molecule has 0 spiro atoms. The summed E-state index contributed by atoms with van der Waals surface area (Å²) >= 11 is 0. The molecule has 0 aromatic carbocycles. The second-order valence-corrected chi connectivity index (χ2v) is 4.90. The zero-order valence-corrected chi connectivity index (χ0v) is 10.5. The van der Waals surface area contributed by atoms with Crippen molar-refractivity contribution in [1.82, 2.24) is 10.2 Å². The van der Waals surface area contributed by atoms with Gasteiger partial charge in [-0.05, 0) is 37.9 Å². The van der Waals surface area contributed by atoms with Crippen molar-refractivity contribution in [2.24, 2.45) is 5.92 Å². The van der Waals surface area contributed by atoms with Crippen LogP contribution in [0.4, 0.5) is 0 Å². The number of hydrogen-bond donors (Lipinski definition) is 2. The Hall–Kier alpha value is -1.33. The molecule has 5 nitrogen and oxygen atoms in total. The number of carboxylic acid groups (broad SMARTS) is 1. The topological polar surface area (TPSA) is 65.7 Å². The molecule has 0 saturated carbocycles. The van der Waals surface area contributed by atoms with Crippen molar-refractivity contribution in [3.05, 3.63) is 24.2 Å². The number of carbonyl (C=O) groups is 1. The van der Waals surface area contributed by atoms with Crippen molar-refractivity contribution in [2.45, 2.75) is 19.4 Å². The van der Waals surface area contributed by atoms with Gasteiger partial charge in [-0.3, -0.25) is 9.69 Å². The van der Waals surface area contributed by atoms with Crippen LogP contribution in [0.2, 0.25) is 0 Å². The zero-order chi connectivity index (χ0) is 12.8. The third kappa shape index (κ3) is 4.16. The first kappa shape index (κ1) is 13.1. The first-order valence-corrected chi connectivity index (χ1v) is 6.40. The van der Waals surface area contributed by atoms with Crippen molar-refractivity contribution < 1.29 is 14.3 Å². The van der Waals surface area contributed by atoms with Crippen LogP contribution in [0, 0.1) is 5.92 Å². The van der Waals surface area contributed by atoms with E-state index in [0.29, 0.717) is 5.92 Å². The molecule has 0 radical (unpaired) electrons. The highest BCUT2D eigenvalue weighted by Crippen LogP contribution is 2.18. The second kappa shape index (κ2) is 6.56. The highest BCUT2D eigenvalue weighted by molar-refractivity contribution is 5.68. The van der Waals surface area contributed by atoms with Crippen LogP contribution >= 0.6 is 0 Å². The smallest absolute Gasteiger partial charge is 0.317 e. The van der Waals surface area contributed by atoms with Crippen LogP contribution in [0.3, 0.4) is 0 Å². The predicted molar refractivity (Wildman–Crippen MR) is 67.2 cm³/mol. The van der Waals surface area contributed by atoms with E-state index in [1.165, 1.54) is 18.4 Å². The fraction of sp³-hybridized carbons (Fsp3) is 0.615. The number of nitrogens with one attached hydrogen (secondary N) is 1. The molecule has 1 aromatic heterocycles. The highest BCUT2D eigenvalue weighted by atomic mass is 16.4. The first-order valence-electron chi connectivity index (χ1n) is 6.40. The zero-order valence-electron chi connectivity index (χ0n) is 10.5. The average Bonchev–Trinajstić information content (AvgIpc) is 2.82. The molecule has 1 saturated heterocycles. The van der Waals surface area contributed by atoms with Crippen molar-refractivity contribution in [1.29, 1.82) is 0 Å². The Balaban J connectivity index is 1.72. The van der Waals surface area contributed by atoms with Crippen LogP contribution in [0.1, 0.15) is 18.4 Å². The minimum Gasteiger partial charge on any atom is -0.480 e. The maximum Gasteiger partial charge on any atom is 0.317 e. The Labute approximate surface area is 107 Å². The summed E-state index contributed by atoms with van der Waals surface area (Å²) in [7, 11) is 0. The van der Waals surface area contributed by atoms with E-state index in [0.717, 1.165) is 26.2 Å². The molecule has 0 amide bonds. The van der Waals surface area contributed by atoms with Crippen LogP contribution in [0.25, 0.3) is 0 Å². The molecular weight excluding hydrogens is 232 g/mol. The van der Waals surface area contributed by atoms with E-state index in [1.807, 2.05) is 6.07 Å². The summed E-state index contributed by atoms with van der Waals surface area (Å²) in [5, 5.41) is 11.6. The van der Waals surface area contributed by atoms with Crippen LogP contribution in [-0.4, -0.2) is 42.2 Å². The molecule has 1 aromatic rings. The van der Waals surface area contributed by atoms with Gasteiger partial charge in [0.15, 0.2) is 0 Å². The van der Waals surface area contributed by atoms with Gasteiger partial charge in [0, 0.05) is 18.7 Å². The summed E-state index contributed by atoms with van der Waals surface area (Å²) in [6.07, 6.45) is 5.84. The number of piperidine rings is 1. The first-order chi connectivity index (χ1) is 8.74. The van der Waals surface area contributed by atoms with Gasteiger partial charge in [0.1, 0.15) is 0 Å². The largest absolute Gasteiger partial charge is 0.480 e. The van der Waals surface area contributed by atoms with Gasteiger partial charge < -0.3 is 14.8 Å². The molecule has 1 aliphatic rings. The molecule has 1 unspecified atom stereocenters. The quantitative estimate of drug-likeness (QED) is 0.795. The lowest BCUT2D eigenvalue weighted by Gasteiger charge is -2.32. The number of carboxylic acids is 1. The van der Waals surface area contributed by atoms with Gasteiger partial charge in [-0.2, -0.15) is 0 Å². The molecule has 100 valence electrons. The van der Waals surface area contributed by atoms with Gasteiger partial charge in [0.25, 0.3) is 0 Å². The maximum atomic E-state index is 10.4. The number of rotatable bonds is 6. The van der Waals surface area contributed by atoms with E-state index < -0.39 is 5.97 Å². The molecule has 2 rings (SSSR count). The summed E-state index contributed by atoms with van der Waals surface area (Å²) < 4.78 is 5.07. The van der Waals surface area contributed by atoms with E-state index >= 15 is 0 Å². The second-order valence-electron chi connectivity index (χ2n) is 4.90. The highest BCUT2D eigenvalue weighted by Gasteiger charge is 2.20. The molecule has 0 aliphatic carbocycles. The van der Waals surface area contributed by atoms with Gasteiger partial charge in [0.2, 0.25) is 0 Å². The Morgan fingerprint density at radius 3 is 3.22 bits per heavy atom. The average molecular weight is 252 g/mol. The summed E-state index contributed by atoms with van der Waals surface area (Å²) in [5.41, 5.74) is 1.20. The lowest BCUT2D eigenvalue weighted by Crippen LogP contribution is -2.40. The minimum absolute atomic E-state index is 0.0538. The van der Waals surface area contributed by atoms with Crippen molar-refractivity contribution in [2.75, 3.05) is 26.2 Å². The molecule has 1 fully saturated rings. The predicted octanol–water partition coefficient (Wildman–Crippen LogP) is 1.17. The molecule has 1 atom stereocenters. The summed E-state index contributed by atoms with van der Waals surface area (Å²) in [6.45, 7) is 3.90. The van der Waals surface area contributed by atoms with Crippen LogP contribution in [0.5, 0.6) is 0 Å². The summed E-state index contributed by atoms with van der Waals surface area (Å²) in [4.78, 5) is 12.8. The Morgan fingerprint density at radius 1 is 1.61 bits per heavy atom. The standard InChI is InChI=1S/C13H20N2O3/c16-13(17)7-14-6-11-2-1-4-15(8-11)9-12-3-5-18-10-12/h3,5,10-11,14H,1-2,4,6-9H2,(H,16,17). The summed E-state index contributed by atoms with van der Waals surface area (Å²) in [5.74, 6) is -0.244. The third-order valence-electron chi connectivity index (χ3n) is 3.30.